The third kappa shape index (κ3) is 4.90. The second kappa shape index (κ2) is 6.67. The minimum Gasteiger partial charge on any atom is -0.364 e. The maximum Gasteiger partial charge on any atom is 0.311 e. The Labute approximate surface area is 111 Å². The van der Waals surface area contributed by atoms with E-state index in [1.54, 1.807) is 13.0 Å². The van der Waals surface area contributed by atoms with Crippen molar-refractivity contribution in [2.24, 2.45) is 0 Å². The molecule has 7 heteroatoms. The third-order valence-corrected chi connectivity index (χ3v) is 2.30. The van der Waals surface area contributed by atoms with E-state index in [9.17, 15) is 14.9 Å². The predicted octanol–water partition coefficient (Wildman–Crippen LogP) is 1.62. The Morgan fingerprint density at radius 2 is 2.16 bits per heavy atom. The van der Waals surface area contributed by atoms with E-state index in [-0.39, 0.29) is 29.9 Å². The van der Waals surface area contributed by atoms with Crippen molar-refractivity contribution in [1.29, 1.82) is 0 Å². The fraction of sp³-hybridized carbons (Fsp3) is 0.500. The number of carbonyl (C=O) groups excluding carboxylic acids is 1. The average Bonchev–Trinajstić information content (AvgIpc) is 2.27. The lowest BCUT2D eigenvalue weighted by atomic mass is 10.3. The van der Waals surface area contributed by atoms with Crippen LogP contribution in [0.2, 0.25) is 0 Å². The lowest BCUT2D eigenvalue weighted by molar-refractivity contribution is -0.384. The van der Waals surface area contributed by atoms with Crippen LogP contribution in [-0.4, -0.2) is 28.4 Å². The van der Waals surface area contributed by atoms with Crippen molar-refractivity contribution in [2.45, 2.75) is 33.2 Å². The van der Waals surface area contributed by atoms with E-state index in [0.29, 0.717) is 12.2 Å². The molecule has 0 aliphatic heterocycles. The van der Waals surface area contributed by atoms with Gasteiger partial charge < -0.3 is 10.6 Å². The van der Waals surface area contributed by atoms with Gasteiger partial charge in [0.05, 0.1) is 4.92 Å². The molecule has 0 atom stereocenters. The zero-order valence-electron chi connectivity index (χ0n) is 11.3. The number of anilines is 1. The van der Waals surface area contributed by atoms with Crippen LogP contribution < -0.4 is 10.6 Å². The Morgan fingerprint density at radius 1 is 1.47 bits per heavy atom. The average molecular weight is 266 g/mol. The molecular formula is C12H18N4O3. The van der Waals surface area contributed by atoms with Crippen LogP contribution in [0.25, 0.3) is 0 Å². The lowest BCUT2D eigenvalue weighted by Gasteiger charge is -2.09. The number of pyridine rings is 1. The van der Waals surface area contributed by atoms with E-state index < -0.39 is 4.92 Å². The fourth-order valence-corrected chi connectivity index (χ4v) is 1.52. The van der Waals surface area contributed by atoms with E-state index in [1.165, 1.54) is 6.07 Å². The highest BCUT2D eigenvalue weighted by Gasteiger charge is 2.15. The Bertz CT molecular complexity index is 474. The van der Waals surface area contributed by atoms with Gasteiger partial charge in [0, 0.05) is 30.8 Å². The summed E-state index contributed by atoms with van der Waals surface area (Å²) in [5.74, 6) is 0.0974. The number of amides is 1. The molecule has 2 N–H and O–H groups in total. The minimum atomic E-state index is -0.497. The van der Waals surface area contributed by atoms with E-state index >= 15 is 0 Å². The normalized spacial score (nSPS) is 10.3. The van der Waals surface area contributed by atoms with Crippen LogP contribution >= 0.6 is 0 Å². The van der Waals surface area contributed by atoms with Crippen molar-refractivity contribution in [3.8, 4) is 0 Å². The molecule has 0 saturated heterocycles. The summed E-state index contributed by atoms with van der Waals surface area (Å²) in [5.41, 5.74) is 0.592. The van der Waals surface area contributed by atoms with Gasteiger partial charge in [-0.25, -0.2) is 4.98 Å². The maximum atomic E-state index is 11.4. The summed E-state index contributed by atoms with van der Waals surface area (Å²) in [6.07, 6.45) is 0.241. The molecule has 1 rings (SSSR count). The van der Waals surface area contributed by atoms with Crippen LogP contribution in [0, 0.1) is 17.0 Å². The second-order valence-corrected chi connectivity index (χ2v) is 4.48. The number of aromatic nitrogens is 1. The van der Waals surface area contributed by atoms with Gasteiger partial charge >= 0.3 is 5.69 Å². The molecule has 1 heterocycles. The van der Waals surface area contributed by atoms with Crippen molar-refractivity contribution in [2.75, 3.05) is 11.9 Å². The first-order chi connectivity index (χ1) is 8.90. The van der Waals surface area contributed by atoms with E-state index in [2.05, 4.69) is 15.6 Å². The Balaban J connectivity index is 2.60. The SMILES string of the molecule is Cc1ccc([N+](=O)[O-])c(NCCC(=O)NC(C)C)n1. The number of rotatable bonds is 6. The molecule has 7 nitrogen and oxygen atoms in total. The van der Waals surface area contributed by atoms with Crippen LogP contribution in [0.4, 0.5) is 11.5 Å². The van der Waals surface area contributed by atoms with Crippen LogP contribution in [0.5, 0.6) is 0 Å². The molecule has 0 radical (unpaired) electrons. The van der Waals surface area contributed by atoms with Crippen LogP contribution in [-0.2, 0) is 4.79 Å². The first-order valence-corrected chi connectivity index (χ1v) is 6.05. The standard InChI is InChI=1S/C12H18N4O3/c1-8(2)14-11(17)6-7-13-12-10(16(18)19)5-4-9(3)15-12/h4-5,8H,6-7H2,1-3H3,(H,13,15)(H,14,17). The van der Waals surface area contributed by atoms with Gasteiger partial charge in [0.15, 0.2) is 0 Å². The van der Waals surface area contributed by atoms with Gasteiger partial charge in [-0.2, -0.15) is 0 Å². The molecule has 0 fully saturated rings. The Morgan fingerprint density at radius 3 is 2.74 bits per heavy atom. The maximum absolute atomic E-state index is 11.4. The molecule has 0 aliphatic rings. The fourth-order valence-electron chi connectivity index (χ4n) is 1.52. The zero-order valence-corrected chi connectivity index (χ0v) is 11.3. The first kappa shape index (κ1) is 14.9. The Kier molecular flexibility index (Phi) is 5.23. The van der Waals surface area contributed by atoms with Gasteiger partial charge in [0.2, 0.25) is 11.7 Å². The summed E-state index contributed by atoms with van der Waals surface area (Å²) in [6.45, 7) is 5.80. The van der Waals surface area contributed by atoms with E-state index in [0.717, 1.165) is 0 Å². The smallest absolute Gasteiger partial charge is 0.311 e. The molecule has 0 spiro atoms. The summed E-state index contributed by atoms with van der Waals surface area (Å²) >= 11 is 0. The number of aryl methyl sites for hydroxylation is 1. The molecular weight excluding hydrogens is 248 g/mol. The highest BCUT2D eigenvalue weighted by atomic mass is 16.6. The quantitative estimate of drug-likeness (QED) is 0.602. The molecule has 19 heavy (non-hydrogen) atoms. The molecule has 0 bridgehead atoms. The number of carbonyl (C=O) groups is 1. The van der Waals surface area contributed by atoms with Gasteiger partial charge in [-0.3, -0.25) is 14.9 Å². The summed E-state index contributed by atoms with van der Waals surface area (Å²) < 4.78 is 0. The Hall–Kier alpha value is -2.18. The van der Waals surface area contributed by atoms with Crippen molar-refractivity contribution < 1.29 is 9.72 Å². The molecule has 0 unspecified atom stereocenters. The largest absolute Gasteiger partial charge is 0.364 e. The number of nitrogens with zero attached hydrogens (tertiary/aromatic N) is 2. The highest BCUT2D eigenvalue weighted by Crippen LogP contribution is 2.21. The van der Waals surface area contributed by atoms with Gasteiger partial charge in [0.1, 0.15) is 0 Å². The number of hydrogen-bond donors (Lipinski definition) is 2. The van der Waals surface area contributed by atoms with Gasteiger partial charge in [-0.1, -0.05) is 0 Å². The monoisotopic (exact) mass is 266 g/mol. The van der Waals surface area contributed by atoms with Crippen LogP contribution in [0.3, 0.4) is 0 Å². The van der Waals surface area contributed by atoms with Gasteiger partial charge in [-0.15, -0.1) is 0 Å². The molecule has 104 valence electrons. The topological polar surface area (TPSA) is 97.2 Å². The van der Waals surface area contributed by atoms with Gasteiger partial charge in [-0.05, 0) is 26.8 Å². The first-order valence-electron chi connectivity index (χ1n) is 6.05. The third-order valence-electron chi connectivity index (χ3n) is 2.30. The number of nitro groups is 1. The molecule has 0 saturated carbocycles. The molecule has 0 aromatic carbocycles. The minimum absolute atomic E-state index is 0.0823. The molecule has 1 amide bonds. The van der Waals surface area contributed by atoms with Gasteiger partial charge in [0.25, 0.3) is 0 Å². The highest BCUT2D eigenvalue weighted by molar-refractivity contribution is 5.76. The lowest BCUT2D eigenvalue weighted by Crippen LogP contribution is -2.31. The van der Waals surface area contributed by atoms with Crippen molar-refractivity contribution in [1.82, 2.24) is 10.3 Å². The van der Waals surface area contributed by atoms with Crippen molar-refractivity contribution in [3.63, 3.8) is 0 Å². The van der Waals surface area contributed by atoms with E-state index in [1.807, 2.05) is 13.8 Å². The van der Waals surface area contributed by atoms with E-state index in [4.69, 9.17) is 0 Å². The predicted molar refractivity (Wildman–Crippen MR) is 72.0 cm³/mol. The summed E-state index contributed by atoms with van der Waals surface area (Å²) in [6, 6.07) is 3.06. The summed E-state index contributed by atoms with van der Waals surface area (Å²) in [7, 11) is 0. The number of nitrogens with one attached hydrogen (secondary N) is 2. The van der Waals surface area contributed by atoms with Crippen molar-refractivity contribution >= 4 is 17.4 Å². The summed E-state index contributed by atoms with van der Waals surface area (Å²) in [4.78, 5) is 25.8. The van der Waals surface area contributed by atoms with Crippen molar-refractivity contribution in [3.05, 3.63) is 27.9 Å². The zero-order chi connectivity index (χ0) is 14.4. The second-order valence-electron chi connectivity index (χ2n) is 4.48. The summed E-state index contributed by atoms with van der Waals surface area (Å²) in [5, 5.41) is 16.4. The molecule has 1 aromatic rings. The van der Waals surface area contributed by atoms with Crippen LogP contribution in [0.15, 0.2) is 12.1 Å². The molecule has 0 aliphatic carbocycles. The molecule has 1 aromatic heterocycles. The number of hydrogen-bond acceptors (Lipinski definition) is 5. The van der Waals surface area contributed by atoms with Crippen LogP contribution in [0.1, 0.15) is 26.0 Å².